The summed E-state index contributed by atoms with van der Waals surface area (Å²) in [4.78, 5) is 36.8. The van der Waals surface area contributed by atoms with Crippen molar-refractivity contribution in [1.29, 1.82) is 0 Å². The molecule has 0 unspecified atom stereocenters. The van der Waals surface area contributed by atoms with Crippen molar-refractivity contribution in [2.45, 2.75) is 19.4 Å². The third-order valence-electron chi connectivity index (χ3n) is 4.38. The maximum atomic E-state index is 12.4. The van der Waals surface area contributed by atoms with Gasteiger partial charge in [0.2, 0.25) is 0 Å². The summed E-state index contributed by atoms with van der Waals surface area (Å²) in [7, 11) is 3.08. The Morgan fingerprint density at radius 1 is 1.10 bits per heavy atom. The molecule has 0 bridgehead atoms. The molecule has 3 rings (SSSR count). The van der Waals surface area contributed by atoms with E-state index in [4.69, 9.17) is 9.47 Å². The number of aryl methyl sites for hydroxylation is 1. The average Bonchev–Trinajstić information content (AvgIpc) is 2.72. The lowest BCUT2D eigenvalue weighted by molar-refractivity contribution is -0.152. The van der Waals surface area contributed by atoms with Crippen LogP contribution in [0.2, 0.25) is 0 Å². The lowest BCUT2D eigenvalue weighted by atomic mass is 10.1. The zero-order chi connectivity index (χ0) is 21.0. The van der Waals surface area contributed by atoms with Crippen LogP contribution in [0.4, 0.5) is 5.69 Å². The van der Waals surface area contributed by atoms with Gasteiger partial charge in [-0.2, -0.15) is 5.10 Å². The lowest BCUT2D eigenvalue weighted by Gasteiger charge is -2.14. The number of nitrogens with one attached hydrogen (secondary N) is 1. The van der Waals surface area contributed by atoms with Crippen LogP contribution in [0.3, 0.4) is 0 Å². The molecule has 1 aromatic heterocycles. The molecule has 150 valence electrons. The monoisotopic (exact) mass is 395 g/mol. The van der Waals surface area contributed by atoms with E-state index in [0.717, 1.165) is 0 Å². The second-order valence-corrected chi connectivity index (χ2v) is 6.45. The molecule has 3 aromatic rings. The molecule has 0 aliphatic carbocycles. The summed E-state index contributed by atoms with van der Waals surface area (Å²) in [5.74, 6) is -0.403. The molecular weight excluding hydrogens is 374 g/mol. The van der Waals surface area contributed by atoms with Crippen molar-refractivity contribution in [2.24, 2.45) is 7.05 Å². The Morgan fingerprint density at radius 3 is 2.41 bits per heavy atom. The van der Waals surface area contributed by atoms with Gasteiger partial charge in [-0.1, -0.05) is 18.2 Å². The van der Waals surface area contributed by atoms with Gasteiger partial charge in [0.05, 0.1) is 24.6 Å². The first-order valence-electron chi connectivity index (χ1n) is 8.98. The zero-order valence-electron chi connectivity index (χ0n) is 16.3. The smallest absolute Gasteiger partial charge is 0.312 e. The van der Waals surface area contributed by atoms with Crippen LogP contribution in [0.15, 0.2) is 53.3 Å². The van der Waals surface area contributed by atoms with Crippen molar-refractivity contribution in [3.8, 4) is 5.75 Å². The van der Waals surface area contributed by atoms with Gasteiger partial charge in [0.15, 0.2) is 6.10 Å². The number of nitrogens with zero attached hydrogens (tertiary/aromatic N) is 2. The fourth-order valence-corrected chi connectivity index (χ4v) is 2.85. The van der Waals surface area contributed by atoms with Crippen molar-refractivity contribution in [3.63, 3.8) is 0 Å². The van der Waals surface area contributed by atoms with E-state index >= 15 is 0 Å². The van der Waals surface area contributed by atoms with Gasteiger partial charge in [-0.3, -0.25) is 14.4 Å². The molecule has 0 spiro atoms. The molecule has 0 aliphatic heterocycles. The SMILES string of the molecule is COc1ccc(NC(=O)[C@@H](C)OC(=O)Cc2nn(C)c(=O)c3ccccc23)cc1. The van der Waals surface area contributed by atoms with Gasteiger partial charge in [0.1, 0.15) is 5.75 Å². The summed E-state index contributed by atoms with van der Waals surface area (Å²) in [6, 6.07) is 13.7. The van der Waals surface area contributed by atoms with Crippen LogP contribution in [-0.4, -0.2) is 34.9 Å². The molecule has 8 nitrogen and oxygen atoms in total. The Labute approximate surface area is 167 Å². The van der Waals surface area contributed by atoms with Crippen LogP contribution in [0.1, 0.15) is 12.6 Å². The van der Waals surface area contributed by atoms with Crippen LogP contribution in [-0.2, 0) is 27.8 Å². The minimum absolute atomic E-state index is 0.158. The third-order valence-corrected chi connectivity index (χ3v) is 4.38. The minimum Gasteiger partial charge on any atom is -0.497 e. The van der Waals surface area contributed by atoms with E-state index in [9.17, 15) is 14.4 Å². The molecule has 1 heterocycles. The number of carbonyl (C=O) groups excluding carboxylic acids is 2. The van der Waals surface area contributed by atoms with E-state index in [-0.39, 0.29) is 12.0 Å². The number of hydrogen-bond acceptors (Lipinski definition) is 6. The highest BCUT2D eigenvalue weighted by atomic mass is 16.5. The predicted molar refractivity (Wildman–Crippen MR) is 108 cm³/mol. The van der Waals surface area contributed by atoms with Gasteiger partial charge in [-0.25, -0.2) is 4.68 Å². The Kier molecular flexibility index (Phi) is 5.92. The number of anilines is 1. The van der Waals surface area contributed by atoms with E-state index < -0.39 is 18.0 Å². The van der Waals surface area contributed by atoms with E-state index in [2.05, 4.69) is 10.4 Å². The standard InChI is InChI=1S/C21H21N3O5/c1-13(20(26)22-14-8-10-15(28-3)11-9-14)29-19(25)12-18-16-6-4-5-7-17(16)21(27)24(2)23-18/h4-11,13H,12H2,1-3H3,(H,22,26)/t13-/m1/s1. The average molecular weight is 395 g/mol. The van der Waals surface area contributed by atoms with Crippen molar-refractivity contribution in [2.75, 3.05) is 12.4 Å². The molecular formula is C21H21N3O5. The van der Waals surface area contributed by atoms with E-state index in [1.807, 2.05) is 0 Å². The number of methoxy groups -OCH3 is 1. The summed E-state index contributed by atoms with van der Waals surface area (Å²) in [5, 5.41) is 7.90. The highest BCUT2D eigenvalue weighted by Gasteiger charge is 2.20. The fraction of sp³-hybridized carbons (Fsp3) is 0.238. The van der Waals surface area contributed by atoms with E-state index in [0.29, 0.717) is 27.9 Å². The topological polar surface area (TPSA) is 99.5 Å². The summed E-state index contributed by atoms with van der Waals surface area (Å²) < 4.78 is 11.5. The number of benzene rings is 2. The van der Waals surface area contributed by atoms with Crippen molar-refractivity contribution < 1.29 is 19.1 Å². The van der Waals surface area contributed by atoms with Gasteiger partial charge in [-0.05, 0) is 37.3 Å². The van der Waals surface area contributed by atoms with Gasteiger partial charge in [-0.15, -0.1) is 0 Å². The first kappa shape index (κ1) is 20.1. The molecule has 0 saturated carbocycles. The summed E-state index contributed by atoms with van der Waals surface area (Å²) in [6.45, 7) is 1.49. The molecule has 0 aliphatic rings. The molecule has 8 heteroatoms. The fourth-order valence-electron chi connectivity index (χ4n) is 2.85. The third kappa shape index (κ3) is 4.60. The molecule has 1 N–H and O–H groups in total. The molecule has 0 saturated heterocycles. The van der Waals surface area contributed by atoms with Gasteiger partial charge in [0.25, 0.3) is 11.5 Å². The van der Waals surface area contributed by atoms with Gasteiger partial charge < -0.3 is 14.8 Å². The van der Waals surface area contributed by atoms with Crippen LogP contribution in [0.25, 0.3) is 10.8 Å². The van der Waals surface area contributed by atoms with Crippen molar-refractivity contribution in [3.05, 3.63) is 64.6 Å². The minimum atomic E-state index is -0.997. The van der Waals surface area contributed by atoms with Gasteiger partial charge >= 0.3 is 5.97 Å². The lowest BCUT2D eigenvalue weighted by Crippen LogP contribution is -2.31. The number of fused-ring (bicyclic) bond motifs is 1. The van der Waals surface area contributed by atoms with Crippen LogP contribution in [0.5, 0.6) is 5.75 Å². The molecule has 29 heavy (non-hydrogen) atoms. The zero-order valence-corrected chi connectivity index (χ0v) is 16.3. The number of amides is 1. The number of carbonyl (C=O) groups is 2. The Morgan fingerprint density at radius 2 is 1.76 bits per heavy atom. The van der Waals surface area contributed by atoms with Crippen LogP contribution in [0, 0.1) is 0 Å². The predicted octanol–water partition coefficient (Wildman–Crippen LogP) is 2.05. The maximum Gasteiger partial charge on any atom is 0.312 e. The molecule has 2 aromatic carbocycles. The first-order valence-corrected chi connectivity index (χ1v) is 8.98. The normalized spacial score (nSPS) is 11.7. The number of ether oxygens (including phenoxy) is 2. The Bertz CT molecular complexity index is 1110. The number of esters is 1. The van der Waals surface area contributed by atoms with Crippen LogP contribution < -0.4 is 15.6 Å². The number of aromatic nitrogens is 2. The van der Waals surface area contributed by atoms with E-state index in [1.54, 1.807) is 55.6 Å². The molecule has 1 atom stereocenters. The second kappa shape index (κ2) is 8.55. The first-order chi connectivity index (χ1) is 13.9. The summed E-state index contributed by atoms with van der Waals surface area (Å²) in [6.07, 6.45) is -1.15. The Hall–Kier alpha value is -3.68. The molecule has 0 radical (unpaired) electrons. The van der Waals surface area contributed by atoms with Crippen molar-refractivity contribution >= 4 is 28.3 Å². The van der Waals surface area contributed by atoms with E-state index in [1.165, 1.54) is 18.7 Å². The highest BCUT2D eigenvalue weighted by Crippen LogP contribution is 2.16. The number of rotatable bonds is 6. The van der Waals surface area contributed by atoms with Crippen molar-refractivity contribution in [1.82, 2.24) is 9.78 Å². The maximum absolute atomic E-state index is 12.4. The molecule has 1 amide bonds. The molecule has 0 fully saturated rings. The second-order valence-electron chi connectivity index (χ2n) is 6.45. The Balaban J connectivity index is 1.67. The van der Waals surface area contributed by atoms with Gasteiger partial charge in [0, 0.05) is 18.1 Å². The quantitative estimate of drug-likeness (QED) is 0.642. The number of hydrogen-bond donors (Lipinski definition) is 1. The van der Waals surface area contributed by atoms with Crippen LogP contribution >= 0.6 is 0 Å². The summed E-state index contributed by atoms with van der Waals surface area (Å²) in [5.41, 5.74) is 0.727. The summed E-state index contributed by atoms with van der Waals surface area (Å²) >= 11 is 0. The highest BCUT2D eigenvalue weighted by molar-refractivity contribution is 5.95. The largest absolute Gasteiger partial charge is 0.497 e.